The van der Waals surface area contributed by atoms with Crippen molar-refractivity contribution in [1.82, 2.24) is 9.80 Å². The summed E-state index contributed by atoms with van der Waals surface area (Å²) in [6.45, 7) is 1.47. The first-order valence-electron chi connectivity index (χ1n) is 8.18. The Labute approximate surface area is 168 Å². The topological polar surface area (TPSA) is 49.9 Å². The molecule has 5 nitrogen and oxygen atoms in total. The number of carbonyl (C=O) groups excluding carboxylic acids is 2. The van der Waals surface area contributed by atoms with Crippen LogP contribution in [0.5, 0.6) is 0 Å². The maximum Gasteiger partial charge on any atom is 0.305 e. The summed E-state index contributed by atoms with van der Waals surface area (Å²) in [5.41, 5.74) is 0.888. The van der Waals surface area contributed by atoms with E-state index in [9.17, 15) is 9.59 Å². The highest BCUT2D eigenvalue weighted by atomic mass is 35.5. The zero-order valence-electron chi connectivity index (χ0n) is 14.7. The molecule has 1 aliphatic rings. The summed E-state index contributed by atoms with van der Waals surface area (Å²) in [7, 11) is 3.83. The molecule has 1 saturated heterocycles. The van der Waals surface area contributed by atoms with Crippen molar-refractivity contribution >= 4 is 57.9 Å². The van der Waals surface area contributed by atoms with Crippen molar-refractivity contribution in [2.24, 2.45) is 0 Å². The molecule has 1 fully saturated rings. The number of rotatable bonds is 8. The van der Waals surface area contributed by atoms with E-state index in [1.54, 1.807) is 18.2 Å². The molecule has 26 heavy (non-hydrogen) atoms. The van der Waals surface area contributed by atoms with Crippen molar-refractivity contribution in [3.63, 3.8) is 0 Å². The average Bonchev–Trinajstić information content (AvgIpc) is 2.84. The van der Waals surface area contributed by atoms with Crippen LogP contribution in [0.4, 0.5) is 0 Å². The van der Waals surface area contributed by atoms with Gasteiger partial charge in [-0.15, -0.1) is 0 Å². The second-order valence-electron chi connectivity index (χ2n) is 6.01. The molecule has 0 radical (unpaired) electrons. The number of likely N-dealkylation sites (N-methyl/N-ethyl adjacent to an activating group) is 1. The number of thiocarbonyl (C=S) groups is 1. The zero-order chi connectivity index (χ0) is 19.1. The Morgan fingerprint density at radius 1 is 1.35 bits per heavy atom. The van der Waals surface area contributed by atoms with Crippen LogP contribution < -0.4 is 0 Å². The molecule has 1 aliphatic heterocycles. The summed E-state index contributed by atoms with van der Waals surface area (Å²) in [4.78, 5) is 28.3. The fourth-order valence-electron chi connectivity index (χ4n) is 2.20. The van der Waals surface area contributed by atoms with E-state index in [-0.39, 0.29) is 18.3 Å². The highest BCUT2D eigenvalue weighted by Crippen LogP contribution is 2.32. The van der Waals surface area contributed by atoms with Crippen LogP contribution >= 0.6 is 35.6 Å². The van der Waals surface area contributed by atoms with Gasteiger partial charge >= 0.3 is 5.97 Å². The van der Waals surface area contributed by atoms with E-state index in [1.165, 1.54) is 16.7 Å². The number of ether oxygens (including phenoxy) is 1. The molecule has 0 N–H and O–H groups in total. The van der Waals surface area contributed by atoms with Crippen LogP contribution in [0, 0.1) is 0 Å². The Morgan fingerprint density at radius 2 is 2.04 bits per heavy atom. The second kappa shape index (κ2) is 10.1. The van der Waals surface area contributed by atoms with Gasteiger partial charge in [-0.25, -0.2) is 0 Å². The molecule has 0 saturated carbocycles. The first kappa shape index (κ1) is 20.9. The summed E-state index contributed by atoms with van der Waals surface area (Å²) in [6.07, 6.45) is 2.58. The van der Waals surface area contributed by atoms with Crippen molar-refractivity contribution in [2.45, 2.75) is 12.8 Å². The number of carbonyl (C=O) groups is 2. The van der Waals surface area contributed by atoms with Crippen molar-refractivity contribution in [2.75, 3.05) is 33.8 Å². The maximum absolute atomic E-state index is 12.5. The van der Waals surface area contributed by atoms with Crippen LogP contribution in [0.15, 0.2) is 29.2 Å². The third-order valence-electron chi connectivity index (χ3n) is 3.61. The highest BCUT2D eigenvalue weighted by molar-refractivity contribution is 8.26. The third kappa shape index (κ3) is 6.39. The largest absolute Gasteiger partial charge is 0.464 e. The summed E-state index contributed by atoms with van der Waals surface area (Å²) >= 11 is 12.4. The van der Waals surface area contributed by atoms with Gasteiger partial charge in [-0.1, -0.05) is 47.7 Å². The molecule has 1 aromatic rings. The Bertz CT molecular complexity index is 705. The fourth-order valence-corrected chi connectivity index (χ4v) is 3.63. The minimum absolute atomic E-state index is 0.129. The smallest absolute Gasteiger partial charge is 0.305 e. The summed E-state index contributed by atoms with van der Waals surface area (Å²) in [5.74, 6) is -0.384. The van der Waals surface area contributed by atoms with Gasteiger partial charge in [0.1, 0.15) is 10.9 Å². The third-order valence-corrected chi connectivity index (χ3v) is 5.24. The van der Waals surface area contributed by atoms with E-state index in [1.807, 2.05) is 31.1 Å². The summed E-state index contributed by atoms with van der Waals surface area (Å²) < 4.78 is 5.65. The lowest BCUT2D eigenvalue weighted by atomic mass is 10.2. The number of hydrogen-bond acceptors (Lipinski definition) is 6. The number of hydrogen-bond donors (Lipinski definition) is 0. The van der Waals surface area contributed by atoms with E-state index in [2.05, 4.69) is 0 Å². The van der Waals surface area contributed by atoms with Crippen LogP contribution in [0.2, 0.25) is 5.02 Å². The Hall–Kier alpha value is -1.41. The SMILES string of the molecule is CN(C)CCOC(=O)CCCN1C(=O)C(=Cc2ccc(Cl)cc2)SC1=S. The molecule has 0 aromatic heterocycles. The van der Waals surface area contributed by atoms with Crippen LogP contribution in [-0.4, -0.2) is 59.8 Å². The first-order valence-corrected chi connectivity index (χ1v) is 9.78. The Kier molecular flexibility index (Phi) is 8.09. The molecular formula is C18H21ClN2O3S2. The minimum Gasteiger partial charge on any atom is -0.464 e. The van der Waals surface area contributed by atoms with Crippen molar-refractivity contribution in [1.29, 1.82) is 0 Å². The van der Waals surface area contributed by atoms with Gasteiger partial charge in [-0.2, -0.15) is 0 Å². The molecular weight excluding hydrogens is 392 g/mol. The molecule has 0 spiro atoms. The van der Waals surface area contributed by atoms with Crippen LogP contribution in [0.3, 0.4) is 0 Å². The number of thioether (sulfide) groups is 1. The molecule has 1 aromatic carbocycles. The van der Waals surface area contributed by atoms with Crippen molar-refractivity contribution in [3.05, 3.63) is 39.8 Å². The van der Waals surface area contributed by atoms with E-state index in [0.29, 0.717) is 40.4 Å². The van der Waals surface area contributed by atoms with Gasteiger partial charge in [0.2, 0.25) is 0 Å². The van der Waals surface area contributed by atoms with Gasteiger partial charge in [0.05, 0.1) is 4.91 Å². The molecule has 8 heteroatoms. The maximum atomic E-state index is 12.5. The molecule has 0 atom stereocenters. The molecule has 0 bridgehead atoms. The predicted molar refractivity (Wildman–Crippen MR) is 110 cm³/mol. The van der Waals surface area contributed by atoms with E-state index < -0.39 is 0 Å². The van der Waals surface area contributed by atoms with Crippen molar-refractivity contribution < 1.29 is 14.3 Å². The normalized spacial score (nSPS) is 16.0. The van der Waals surface area contributed by atoms with E-state index in [0.717, 1.165) is 5.56 Å². The molecule has 2 rings (SSSR count). The van der Waals surface area contributed by atoms with Crippen LogP contribution in [-0.2, 0) is 14.3 Å². The standard InChI is InChI=1S/C18H21ClN2O3S2/c1-20(2)10-11-24-16(22)4-3-9-21-17(23)15(26-18(21)25)12-13-5-7-14(19)8-6-13/h5-8,12H,3-4,9-11H2,1-2H3. The lowest BCUT2D eigenvalue weighted by Crippen LogP contribution is -2.29. The molecule has 1 heterocycles. The molecule has 1 amide bonds. The van der Waals surface area contributed by atoms with E-state index in [4.69, 9.17) is 28.6 Å². The summed E-state index contributed by atoms with van der Waals surface area (Å²) in [6, 6.07) is 7.24. The van der Waals surface area contributed by atoms with Gasteiger partial charge in [0.25, 0.3) is 5.91 Å². The minimum atomic E-state index is -0.256. The quantitative estimate of drug-likeness (QED) is 0.370. The van der Waals surface area contributed by atoms with Crippen LogP contribution in [0.25, 0.3) is 6.08 Å². The monoisotopic (exact) mass is 412 g/mol. The number of esters is 1. The number of halogens is 1. The predicted octanol–water partition coefficient (Wildman–Crippen LogP) is 3.43. The first-order chi connectivity index (χ1) is 12.4. The Balaban J connectivity index is 1.83. The fraction of sp³-hybridized carbons (Fsp3) is 0.389. The highest BCUT2D eigenvalue weighted by Gasteiger charge is 2.31. The molecule has 0 unspecified atom stereocenters. The van der Waals surface area contributed by atoms with Gasteiger partial charge in [-0.3, -0.25) is 14.5 Å². The number of amides is 1. The Morgan fingerprint density at radius 3 is 2.69 bits per heavy atom. The average molecular weight is 413 g/mol. The molecule has 140 valence electrons. The lowest BCUT2D eigenvalue weighted by Gasteiger charge is -2.14. The van der Waals surface area contributed by atoms with Gasteiger partial charge in [0, 0.05) is 24.5 Å². The van der Waals surface area contributed by atoms with Crippen LogP contribution in [0.1, 0.15) is 18.4 Å². The zero-order valence-corrected chi connectivity index (χ0v) is 17.1. The summed E-state index contributed by atoms with van der Waals surface area (Å²) in [5, 5.41) is 0.646. The van der Waals surface area contributed by atoms with Gasteiger partial charge in [-0.05, 0) is 44.3 Å². The van der Waals surface area contributed by atoms with Gasteiger partial charge < -0.3 is 9.64 Å². The number of benzene rings is 1. The number of nitrogens with zero attached hydrogens (tertiary/aromatic N) is 2. The van der Waals surface area contributed by atoms with Crippen molar-refractivity contribution in [3.8, 4) is 0 Å². The molecule has 0 aliphatic carbocycles. The van der Waals surface area contributed by atoms with Gasteiger partial charge in [0.15, 0.2) is 0 Å². The van der Waals surface area contributed by atoms with E-state index >= 15 is 0 Å². The lowest BCUT2D eigenvalue weighted by molar-refractivity contribution is -0.144. The second-order valence-corrected chi connectivity index (χ2v) is 8.12.